The molecule has 2 rings (SSSR count). The highest BCUT2D eigenvalue weighted by Gasteiger charge is 2.18. The van der Waals surface area contributed by atoms with Gasteiger partial charge < -0.3 is 10.3 Å². The summed E-state index contributed by atoms with van der Waals surface area (Å²) in [6.45, 7) is 6.13. The summed E-state index contributed by atoms with van der Waals surface area (Å²) in [5.74, 6) is 0.0287. The van der Waals surface area contributed by atoms with E-state index in [0.717, 1.165) is 11.9 Å². The van der Waals surface area contributed by atoms with Crippen LogP contribution in [0.2, 0.25) is 0 Å². The number of aromatic nitrogens is 1. The molecule has 4 nitrogen and oxygen atoms in total. The molecule has 0 saturated heterocycles. The third-order valence-electron chi connectivity index (χ3n) is 3.59. The Kier molecular flexibility index (Phi) is 4.23. The van der Waals surface area contributed by atoms with Gasteiger partial charge in [-0.2, -0.15) is 0 Å². The number of rotatable bonds is 4. The summed E-state index contributed by atoms with van der Waals surface area (Å²) in [6, 6.07) is 7.27. The van der Waals surface area contributed by atoms with Gasteiger partial charge in [-0.1, -0.05) is 32.9 Å². The Morgan fingerprint density at radius 3 is 2.65 bits per heavy atom. The SMILES string of the molecule is CCC(NC(=O)c1c[nH]c2ccccc2c1=O)C(C)C. The van der Waals surface area contributed by atoms with E-state index in [-0.39, 0.29) is 22.9 Å². The average Bonchev–Trinajstić information content (AvgIpc) is 2.44. The van der Waals surface area contributed by atoms with Crippen LogP contribution in [0, 0.1) is 5.92 Å². The monoisotopic (exact) mass is 272 g/mol. The van der Waals surface area contributed by atoms with Crippen LogP contribution in [0.5, 0.6) is 0 Å². The van der Waals surface area contributed by atoms with Gasteiger partial charge in [-0.05, 0) is 24.5 Å². The molecule has 0 aliphatic heterocycles. The first-order valence-corrected chi connectivity index (χ1v) is 6.96. The molecule has 1 aromatic carbocycles. The normalized spacial score (nSPS) is 12.6. The van der Waals surface area contributed by atoms with Gasteiger partial charge in [-0.15, -0.1) is 0 Å². The van der Waals surface area contributed by atoms with Gasteiger partial charge in [0.2, 0.25) is 5.43 Å². The van der Waals surface area contributed by atoms with Gasteiger partial charge in [-0.3, -0.25) is 9.59 Å². The number of hydrogen-bond acceptors (Lipinski definition) is 2. The average molecular weight is 272 g/mol. The van der Waals surface area contributed by atoms with Crippen molar-refractivity contribution in [2.24, 2.45) is 5.92 Å². The molecule has 4 heteroatoms. The van der Waals surface area contributed by atoms with Crippen molar-refractivity contribution in [2.45, 2.75) is 33.2 Å². The van der Waals surface area contributed by atoms with E-state index in [4.69, 9.17) is 0 Å². The van der Waals surface area contributed by atoms with Crippen LogP contribution in [0.4, 0.5) is 0 Å². The van der Waals surface area contributed by atoms with Crippen molar-refractivity contribution in [3.63, 3.8) is 0 Å². The van der Waals surface area contributed by atoms with E-state index in [9.17, 15) is 9.59 Å². The van der Waals surface area contributed by atoms with Gasteiger partial charge in [0.25, 0.3) is 5.91 Å². The van der Waals surface area contributed by atoms with E-state index in [0.29, 0.717) is 11.3 Å². The van der Waals surface area contributed by atoms with Crippen LogP contribution in [0.3, 0.4) is 0 Å². The highest BCUT2D eigenvalue weighted by molar-refractivity contribution is 5.97. The van der Waals surface area contributed by atoms with E-state index >= 15 is 0 Å². The molecule has 1 heterocycles. The third kappa shape index (κ3) is 2.74. The fourth-order valence-electron chi connectivity index (χ4n) is 2.32. The van der Waals surface area contributed by atoms with Crippen LogP contribution in [-0.2, 0) is 0 Å². The minimum atomic E-state index is -0.308. The Balaban J connectivity index is 2.36. The maximum Gasteiger partial charge on any atom is 0.256 e. The van der Waals surface area contributed by atoms with E-state index in [2.05, 4.69) is 24.1 Å². The summed E-state index contributed by atoms with van der Waals surface area (Å²) < 4.78 is 0. The Labute approximate surface area is 118 Å². The summed E-state index contributed by atoms with van der Waals surface area (Å²) >= 11 is 0. The fourth-order valence-corrected chi connectivity index (χ4v) is 2.32. The lowest BCUT2D eigenvalue weighted by Crippen LogP contribution is -2.40. The van der Waals surface area contributed by atoms with Crippen LogP contribution in [0.15, 0.2) is 35.3 Å². The maximum atomic E-state index is 12.3. The smallest absolute Gasteiger partial charge is 0.256 e. The molecule has 1 unspecified atom stereocenters. The van der Waals surface area contributed by atoms with E-state index < -0.39 is 0 Å². The predicted molar refractivity (Wildman–Crippen MR) is 81.0 cm³/mol. The van der Waals surface area contributed by atoms with Gasteiger partial charge >= 0.3 is 0 Å². The first-order chi connectivity index (χ1) is 9.54. The summed E-state index contributed by atoms with van der Waals surface area (Å²) in [5, 5.41) is 3.47. The largest absolute Gasteiger partial charge is 0.360 e. The Morgan fingerprint density at radius 2 is 2.00 bits per heavy atom. The number of pyridine rings is 1. The van der Waals surface area contributed by atoms with E-state index in [1.807, 2.05) is 19.1 Å². The molecule has 1 amide bonds. The van der Waals surface area contributed by atoms with E-state index in [1.165, 1.54) is 6.20 Å². The minimum absolute atomic E-state index is 0.0772. The standard InChI is InChI=1S/C16H20N2O2/c1-4-13(10(2)3)18-16(20)12-9-17-14-8-6-5-7-11(14)15(12)19/h5-10,13H,4H2,1-3H3,(H,17,19)(H,18,20). The van der Waals surface area contributed by atoms with Gasteiger partial charge in [0, 0.05) is 23.1 Å². The molecule has 0 aliphatic carbocycles. The second kappa shape index (κ2) is 5.90. The number of benzene rings is 1. The second-order valence-corrected chi connectivity index (χ2v) is 5.31. The van der Waals surface area contributed by atoms with Crippen LogP contribution in [-0.4, -0.2) is 16.9 Å². The highest BCUT2D eigenvalue weighted by atomic mass is 16.2. The van der Waals surface area contributed by atoms with Crippen molar-refractivity contribution < 1.29 is 4.79 Å². The van der Waals surface area contributed by atoms with Crippen molar-refractivity contribution in [1.29, 1.82) is 0 Å². The topological polar surface area (TPSA) is 62.0 Å². The second-order valence-electron chi connectivity index (χ2n) is 5.31. The Hall–Kier alpha value is -2.10. The van der Waals surface area contributed by atoms with Crippen molar-refractivity contribution >= 4 is 16.8 Å². The van der Waals surface area contributed by atoms with E-state index in [1.54, 1.807) is 12.1 Å². The number of carbonyl (C=O) groups is 1. The number of carbonyl (C=O) groups excluding carboxylic acids is 1. The van der Waals surface area contributed by atoms with Crippen molar-refractivity contribution in [3.8, 4) is 0 Å². The molecule has 20 heavy (non-hydrogen) atoms. The summed E-state index contributed by atoms with van der Waals surface area (Å²) in [4.78, 5) is 27.6. The van der Waals surface area contributed by atoms with Crippen molar-refractivity contribution in [1.82, 2.24) is 10.3 Å². The third-order valence-corrected chi connectivity index (χ3v) is 3.59. The zero-order valence-electron chi connectivity index (χ0n) is 12.1. The number of amides is 1. The first kappa shape index (κ1) is 14.3. The van der Waals surface area contributed by atoms with Gasteiger partial charge in [0.05, 0.1) is 0 Å². The summed E-state index contributed by atoms with van der Waals surface area (Å²) in [6.07, 6.45) is 2.34. The number of H-pyrrole nitrogens is 1. The molecule has 0 aliphatic rings. The van der Waals surface area contributed by atoms with Crippen LogP contribution in [0.1, 0.15) is 37.6 Å². The number of hydrogen-bond donors (Lipinski definition) is 2. The number of nitrogens with one attached hydrogen (secondary N) is 2. The molecular weight excluding hydrogens is 252 g/mol. The number of para-hydroxylation sites is 1. The van der Waals surface area contributed by atoms with Gasteiger partial charge in [0.1, 0.15) is 5.56 Å². The lowest BCUT2D eigenvalue weighted by atomic mass is 10.0. The molecule has 0 saturated carbocycles. The molecule has 0 bridgehead atoms. The molecule has 2 aromatic rings. The molecule has 0 spiro atoms. The molecule has 2 N–H and O–H groups in total. The van der Waals surface area contributed by atoms with Crippen molar-refractivity contribution in [2.75, 3.05) is 0 Å². The zero-order chi connectivity index (χ0) is 14.7. The van der Waals surface area contributed by atoms with Gasteiger partial charge in [-0.25, -0.2) is 0 Å². The summed E-state index contributed by atoms with van der Waals surface area (Å²) in [7, 11) is 0. The minimum Gasteiger partial charge on any atom is -0.360 e. The van der Waals surface area contributed by atoms with Crippen LogP contribution >= 0.6 is 0 Å². The molecule has 1 aromatic heterocycles. The lowest BCUT2D eigenvalue weighted by molar-refractivity contribution is 0.0923. The molecule has 106 valence electrons. The lowest BCUT2D eigenvalue weighted by Gasteiger charge is -2.20. The Morgan fingerprint density at radius 1 is 1.30 bits per heavy atom. The molecule has 0 radical (unpaired) electrons. The van der Waals surface area contributed by atoms with Gasteiger partial charge in [0.15, 0.2) is 0 Å². The van der Waals surface area contributed by atoms with Crippen LogP contribution in [0.25, 0.3) is 10.9 Å². The predicted octanol–water partition coefficient (Wildman–Crippen LogP) is 2.69. The highest BCUT2D eigenvalue weighted by Crippen LogP contribution is 2.09. The fraction of sp³-hybridized carbons (Fsp3) is 0.375. The first-order valence-electron chi connectivity index (χ1n) is 6.96. The number of aromatic amines is 1. The summed E-state index contributed by atoms with van der Waals surface area (Å²) in [5.41, 5.74) is 0.684. The molecule has 1 atom stereocenters. The van der Waals surface area contributed by atoms with Crippen molar-refractivity contribution in [3.05, 3.63) is 46.2 Å². The van der Waals surface area contributed by atoms with Crippen LogP contribution < -0.4 is 10.7 Å². The quantitative estimate of drug-likeness (QED) is 0.899. The zero-order valence-corrected chi connectivity index (χ0v) is 12.1. The molecule has 0 fully saturated rings. The molecular formula is C16H20N2O2. The maximum absolute atomic E-state index is 12.3. The Bertz CT molecular complexity index is 673. The number of fused-ring (bicyclic) bond motifs is 1.